The summed E-state index contributed by atoms with van der Waals surface area (Å²) >= 11 is 0. The van der Waals surface area contributed by atoms with E-state index in [1.807, 2.05) is 0 Å². The van der Waals surface area contributed by atoms with Gasteiger partial charge in [0, 0.05) is 0 Å². The second kappa shape index (κ2) is 8.27. The average Bonchev–Trinajstić information content (AvgIpc) is 3.01. The number of aliphatic hydroxyl groups excluding tert-OH is 3. The predicted molar refractivity (Wildman–Crippen MR) is 126 cm³/mol. The first-order valence-corrected chi connectivity index (χ1v) is 13.4. The van der Waals surface area contributed by atoms with Gasteiger partial charge in [0.05, 0.1) is 18.3 Å². The number of fused-ring (bicyclic) bond motifs is 5. The van der Waals surface area contributed by atoms with Gasteiger partial charge in [0.15, 0.2) is 0 Å². The van der Waals surface area contributed by atoms with E-state index in [9.17, 15) is 15.3 Å². The van der Waals surface area contributed by atoms with Crippen LogP contribution in [0, 0.1) is 51.8 Å². The summed E-state index contributed by atoms with van der Waals surface area (Å²) in [4.78, 5) is 0. The van der Waals surface area contributed by atoms with Crippen LogP contribution in [0.25, 0.3) is 0 Å². The molecule has 0 bridgehead atoms. The van der Waals surface area contributed by atoms with Crippen molar-refractivity contribution in [3.05, 3.63) is 0 Å². The minimum absolute atomic E-state index is 0.0549. The van der Waals surface area contributed by atoms with Crippen LogP contribution in [0.2, 0.25) is 0 Å². The number of hydrogen-bond donors (Lipinski definition) is 3. The van der Waals surface area contributed by atoms with Crippen LogP contribution in [-0.4, -0.2) is 33.6 Å². The Hall–Kier alpha value is -0.120. The minimum Gasteiger partial charge on any atom is -0.393 e. The molecule has 0 heterocycles. The molecule has 0 aliphatic heterocycles. The third-order valence-corrected chi connectivity index (χ3v) is 11.1. The van der Waals surface area contributed by atoms with E-state index in [0.29, 0.717) is 40.9 Å². The average molecular weight is 435 g/mol. The molecule has 11 atom stereocenters. The molecule has 4 saturated carbocycles. The molecule has 0 spiro atoms. The van der Waals surface area contributed by atoms with E-state index in [-0.39, 0.29) is 29.1 Å². The second-order valence-corrected chi connectivity index (χ2v) is 14.0. The molecule has 31 heavy (non-hydrogen) atoms. The quantitative estimate of drug-likeness (QED) is 0.524. The van der Waals surface area contributed by atoms with E-state index in [0.717, 1.165) is 32.1 Å². The van der Waals surface area contributed by atoms with Crippen molar-refractivity contribution in [1.29, 1.82) is 0 Å². The number of rotatable bonds is 4. The van der Waals surface area contributed by atoms with Gasteiger partial charge >= 0.3 is 0 Å². The fraction of sp³-hybridized carbons (Fsp3) is 1.00. The molecule has 0 aromatic heterocycles. The molecule has 0 aromatic rings. The van der Waals surface area contributed by atoms with Crippen LogP contribution in [0.15, 0.2) is 0 Å². The van der Waals surface area contributed by atoms with Gasteiger partial charge in [-0.25, -0.2) is 0 Å². The van der Waals surface area contributed by atoms with E-state index < -0.39 is 0 Å². The zero-order chi connectivity index (χ0) is 22.8. The Labute approximate surface area is 191 Å². The van der Waals surface area contributed by atoms with Crippen molar-refractivity contribution in [2.45, 2.75) is 124 Å². The van der Waals surface area contributed by atoms with Crippen LogP contribution in [0.3, 0.4) is 0 Å². The topological polar surface area (TPSA) is 60.7 Å². The molecular weight excluding hydrogens is 384 g/mol. The van der Waals surface area contributed by atoms with Crippen molar-refractivity contribution in [3.63, 3.8) is 0 Å². The Bertz CT molecular complexity index is 641. The summed E-state index contributed by atoms with van der Waals surface area (Å²) in [6.07, 6.45) is 9.92. The zero-order valence-electron chi connectivity index (χ0n) is 21.1. The molecule has 3 N–H and O–H groups in total. The third-order valence-electron chi connectivity index (χ3n) is 11.1. The first-order chi connectivity index (χ1) is 14.4. The standard InChI is InChI=1S/C28H50O3/c1-17(8-7-12-26(2,3)4)20-9-10-21-25-22(16-24(31)28(20,21)6)27(5)13-11-19(29)14-18(27)15-23(25)30/h17-25,29-31H,7-16H2,1-6H3. The van der Waals surface area contributed by atoms with Crippen LogP contribution >= 0.6 is 0 Å². The van der Waals surface area contributed by atoms with Crippen molar-refractivity contribution in [3.8, 4) is 0 Å². The lowest BCUT2D eigenvalue weighted by Crippen LogP contribution is -2.62. The largest absolute Gasteiger partial charge is 0.393 e. The van der Waals surface area contributed by atoms with Gasteiger partial charge in [0.2, 0.25) is 0 Å². The van der Waals surface area contributed by atoms with Gasteiger partial charge in [-0.15, -0.1) is 0 Å². The monoisotopic (exact) mass is 434 g/mol. The van der Waals surface area contributed by atoms with Crippen LogP contribution in [0.4, 0.5) is 0 Å². The molecular formula is C28H50O3. The molecule has 3 heteroatoms. The molecule has 0 aromatic carbocycles. The third kappa shape index (κ3) is 4.03. The van der Waals surface area contributed by atoms with Crippen molar-refractivity contribution in [1.82, 2.24) is 0 Å². The highest BCUT2D eigenvalue weighted by Gasteiger charge is 2.65. The van der Waals surface area contributed by atoms with E-state index in [2.05, 4.69) is 41.5 Å². The molecule has 4 fully saturated rings. The van der Waals surface area contributed by atoms with Crippen molar-refractivity contribution >= 4 is 0 Å². The Kier molecular flexibility index (Phi) is 6.41. The van der Waals surface area contributed by atoms with Crippen molar-refractivity contribution < 1.29 is 15.3 Å². The predicted octanol–water partition coefficient (Wildman–Crippen LogP) is 5.80. The summed E-state index contributed by atoms with van der Waals surface area (Å²) in [6.45, 7) is 14.2. The number of hydrogen-bond acceptors (Lipinski definition) is 3. The fourth-order valence-corrected chi connectivity index (χ4v) is 9.29. The van der Waals surface area contributed by atoms with Gasteiger partial charge in [0.25, 0.3) is 0 Å². The lowest BCUT2D eigenvalue weighted by atomic mass is 9.43. The molecule has 0 radical (unpaired) electrons. The summed E-state index contributed by atoms with van der Waals surface area (Å²) in [6, 6.07) is 0. The van der Waals surface area contributed by atoms with Gasteiger partial charge in [0.1, 0.15) is 0 Å². The molecule has 0 amide bonds. The lowest BCUT2D eigenvalue weighted by molar-refractivity contribution is -0.207. The van der Waals surface area contributed by atoms with Crippen molar-refractivity contribution in [2.24, 2.45) is 51.8 Å². The van der Waals surface area contributed by atoms with Gasteiger partial charge in [-0.1, -0.05) is 54.4 Å². The Morgan fingerprint density at radius 1 is 0.935 bits per heavy atom. The maximum absolute atomic E-state index is 11.7. The van der Waals surface area contributed by atoms with Crippen LogP contribution < -0.4 is 0 Å². The molecule has 0 saturated heterocycles. The highest BCUT2D eigenvalue weighted by Crippen LogP contribution is 2.68. The van der Waals surface area contributed by atoms with Gasteiger partial charge < -0.3 is 15.3 Å². The van der Waals surface area contributed by atoms with Gasteiger partial charge in [-0.3, -0.25) is 0 Å². The minimum atomic E-state index is -0.264. The highest BCUT2D eigenvalue weighted by molar-refractivity contribution is 5.14. The molecule has 4 aliphatic rings. The summed E-state index contributed by atoms with van der Waals surface area (Å²) in [5.41, 5.74) is 0.508. The Morgan fingerprint density at radius 2 is 1.65 bits per heavy atom. The van der Waals surface area contributed by atoms with Crippen LogP contribution in [-0.2, 0) is 0 Å². The van der Waals surface area contributed by atoms with Crippen molar-refractivity contribution in [2.75, 3.05) is 0 Å². The molecule has 3 nitrogen and oxygen atoms in total. The Balaban J connectivity index is 1.54. The van der Waals surface area contributed by atoms with E-state index in [1.54, 1.807) is 0 Å². The summed E-state index contributed by atoms with van der Waals surface area (Å²) < 4.78 is 0. The maximum atomic E-state index is 11.7. The second-order valence-electron chi connectivity index (χ2n) is 14.0. The molecule has 11 unspecified atom stereocenters. The maximum Gasteiger partial charge on any atom is 0.0602 e. The fourth-order valence-electron chi connectivity index (χ4n) is 9.29. The van der Waals surface area contributed by atoms with Crippen LogP contribution in [0.5, 0.6) is 0 Å². The van der Waals surface area contributed by atoms with E-state index >= 15 is 0 Å². The number of aliphatic hydroxyl groups is 3. The first-order valence-electron chi connectivity index (χ1n) is 13.4. The summed E-state index contributed by atoms with van der Waals surface area (Å²) in [5, 5.41) is 33.3. The summed E-state index contributed by atoms with van der Waals surface area (Å²) in [5.74, 6) is 2.78. The Morgan fingerprint density at radius 3 is 2.32 bits per heavy atom. The lowest BCUT2D eigenvalue weighted by Gasteiger charge is -2.63. The molecule has 4 rings (SSSR count). The van der Waals surface area contributed by atoms with E-state index in [1.165, 1.54) is 32.1 Å². The van der Waals surface area contributed by atoms with Gasteiger partial charge in [-0.05, 0) is 103 Å². The first kappa shape index (κ1) is 24.0. The molecule has 4 aliphatic carbocycles. The highest BCUT2D eigenvalue weighted by atomic mass is 16.3. The van der Waals surface area contributed by atoms with Gasteiger partial charge in [-0.2, -0.15) is 0 Å². The normalized spacial score (nSPS) is 51.0. The molecule has 180 valence electrons. The van der Waals surface area contributed by atoms with Crippen LogP contribution in [0.1, 0.15) is 106 Å². The zero-order valence-corrected chi connectivity index (χ0v) is 21.1. The summed E-state index contributed by atoms with van der Waals surface area (Å²) in [7, 11) is 0. The van der Waals surface area contributed by atoms with E-state index in [4.69, 9.17) is 0 Å². The SMILES string of the molecule is CC(CCCC(C)(C)C)C1CCC2C3C(O)CC4CC(O)CCC4(C)C3CC(O)C12C. The smallest absolute Gasteiger partial charge is 0.0602 e.